The van der Waals surface area contributed by atoms with E-state index in [2.05, 4.69) is 0 Å². The third-order valence-corrected chi connectivity index (χ3v) is 3.70. The summed E-state index contributed by atoms with van der Waals surface area (Å²) in [6, 6.07) is 17.8. The Bertz CT molecular complexity index is 782. The van der Waals surface area contributed by atoms with Gasteiger partial charge in [0.05, 0.1) is 12.2 Å². The average Bonchev–Trinajstić information content (AvgIpc) is 2.90. The number of rotatable bonds is 3. The third-order valence-electron chi connectivity index (χ3n) is 3.70. The zero-order chi connectivity index (χ0) is 14.8. The van der Waals surface area contributed by atoms with Crippen molar-refractivity contribution in [3.8, 4) is 11.3 Å². The van der Waals surface area contributed by atoms with Crippen molar-refractivity contribution in [3.63, 3.8) is 0 Å². The molecular formula is C18H17NO2. The molecule has 2 aromatic carbocycles. The van der Waals surface area contributed by atoms with E-state index in [9.17, 15) is 4.79 Å². The van der Waals surface area contributed by atoms with Crippen LogP contribution < -0.4 is 5.76 Å². The molecule has 3 nitrogen and oxygen atoms in total. The second-order valence-electron chi connectivity index (χ2n) is 5.22. The standard InChI is InChI=1S/C18H17NO2/c1-13-8-10-16(11-9-13)17-12-19(18(20)21-17)14(2)15-6-4-3-5-7-15/h3-12,14H,1-2H3. The highest BCUT2D eigenvalue weighted by atomic mass is 16.4. The maximum atomic E-state index is 12.1. The molecule has 0 saturated heterocycles. The summed E-state index contributed by atoms with van der Waals surface area (Å²) in [5.74, 6) is 0.268. The Hall–Kier alpha value is -2.55. The van der Waals surface area contributed by atoms with Crippen molar-refractivity contribution in [2.24, 2.45) is 0 Å². The summed E-state index contributed by atoms with van der Waals surface area (Å²) in [4.78, 5) is 12.1. The number of oxazole rings is 1. The van der Waals surface area contributed by atoms with Gasteiger partial charge in [-0.25, -0.2) is 4.79 Å². The molecule has 0 fully saturated rings. The normalized spacial score (nSPS) is 12.3. The van der Waals surface area contributed by atoms with Crippen LogP contribution in [0.4, 0.5) is 0 Å². The fraction of sp³-hybridized carbons (Fsp3) is 0.167. The van der Waals surface area contributed by atoms with Crippen molar-refractivity contribution in [1.82, 2.24) is 4.57 Å². The van der Waals surface area contributed by atoms with Crippen LogP contribution in [0.2, 0.25) is 0 Å². The van der Waals surface area contributed by atoms with Gasteiger partial charge in [-0.3, -0.25) is 4.57 Å². The smallest absolute Gasteiger partial charge is 0.408 e. The first-order valence-corrected chi connectivity index (χ1v) is 6.99. The van der Waals surface area contributed by atoms with Crippen LogP contribution in [0.3, 0.4) is 0 Å². The van der Waals surface area contributed by atoms with Gasteiger partial charge in [0, 0.05) is 5.56 Å². The van der Waals surface area contributed by atoms with Crippen LogP contribution >= 0.6 is 0 Å². The van der Waals surface area contributed by atoms with Crippen LogP contribution in [0, 0.1) is 6.92 Å². The van der Waals surface area contributed by atoms with Crippen molar-refractivity contribution in [3.05, 3.63) is 82.5 Å². The van der Waals surface area contributed by atoms with E-state index >= 15 is 0 Å². The second-order valence-corrected chi connectivity index (χ2v) is 5.22. The summed E-state index contributed by atoms with van der Waals surface area (Å²) >= 11 is 0. The number of aryl methyl sites for hydroxylation is 1. The Balaban J connectivity index is 1.98. The summed E-state index contributed by atoms with van der Waals surface area (Å²) in [5.41, 5.74) is 3.17. The third kappa shape index (κ3) is 2.68. The van der Waals surface area contributed by atoms with Gasteiger partial charge in [-0.2, -0.15) is 0 Å². The van der Waals surface area contributed by atoms with Crippen molar-refractivity contribution in [1.29, 1.82) is 0 Å². The fourth-order valence-electron chi connectivity index (χ4n) is 2.37. The monoisotopic (exact) mass is 279 g/mol. The molecule has 21 heavy (non-hydrogen) atoms. The number of aromatic nitrogens is 1. The van der Waals surface area contributed by atoms with Crippen LogP contribution in [0.25, 0.3) is 11.3 Å². The Kier molecular flexibility index (Phi) is 3.48. The molecule has 1 atom stereocenters. The summed E-state index contributed by atoms with van der Waals surface area (Å²) in [5, 5.41) is 0. The zero-order valence-electron chi connectivity index (χ0n) is 12.1. The Morgan fingerprint density at radius 3 is 2.33 bits per heavy atom. The molecule has 3 aromatic rings. The summed E-state index contributed by atoms with van der Waals surface area (Å²) < 4.78 is 7.02. The lowest BCUT2D eigenvalue weighted by atomic mass is 10.1. The van der Waals surface area contributed by atoms with Gasteiger partial charge in [-0.1, -0.05) is 60.2 Å². The maximum Gasteiger partial charge on any atom is 0.420 e. The van der Waals surface area contributed by atoms with E-state index in [1.54, 1.807) is 10.8 Å². The summed E-state index contributed by atoms with van der Waals surface area (Å²) in [7, 11) is 0. The van der Waals surface area contributed by atoms with Crippen LogP contribution in [-0.4, -0.2) is 4.57 Å². The summed E-state index contributed by atoms with van der Waals surface area (Å²) in [6.07, 6.45) is 1.78. The van der Waals surface area contributed by atoms with Crippen LogP contribution in [0.1, 0.15) is 24.1 Å². The summed E-state index contributed by atoms with van der Waals surface area (Å²) in [6.45, 7) is 4.02. The number of benzene rings is 2. The molecule has 0 amide bonds. The molecule has 0 aliphatic carbocycles. The predicted molar refractivity (Wildman–Crippen MR) is 83.4 cm³/mol. The van der Waals surface area contributed by atoms with Crippen LogP contribution in [0.5, 0.6) is 0 Å². The molecule has 3 heteroatoms. The minimum Gasteiger partial charge on any atom is -0.408 e. The first-order chi connectivity index (χ1) is 10.1. The Labute approximate surface area is 123 Å². The molecule has 0 N–H and O–H groups in total. The first-order valence-electron chi connectivity index (χ1n) is 6.99. The van der Waals surface area contributed by atoms with Crippen molar-refractivity contribution in [2.45, 2.75) is 19.9 Å². The van der Waals surface area contributed by atoms with E-state index in [0.717, 1.165) is 11.1 Å². The highest BCUT2D eigenvalue weighted by molar-refractivity contribution is 5.56. The lowest BCUT2D eigenvalue weighted by Crippen LogP contribution is -2.18. The van der Waals surface area contributed by atoms with Crippen molar-refractivity contribution in [2.75, 3.05) is 0 Å². The highest BCUT2D eigenvalue weighted by Crippen LogP contribution is 2.22. The topological polar surface area (TPSA) is 35.1 Å². The van der Waals surface area contributed by atoms with Gasteiger partial charge in [0.1, 0.15) is 0 Å². The zero-order valence-corrected chi connectivity index (χ0v) is 12.1. The SMILES string of the molecule is Cc1ccc(-c2cn(C(C)c3ccccc3)c(=O)o2)cc1. The lowest BCUT2D eigenvalue weighted by molar-refractivity contribution is 0.473. The van der Waals surface area contributed by atoms with Gasteiger partial charge < -0.3 is 4.42 Å². The van der Waals surface area contributed by atoms with E-state index in [0.29, 0.717) is 5.76 Å². The van der Waals surface area contributed by atoms with E-state index in [1.807, 2.05) is 68.4 Å². The largest absolute Gasteiger partial charge is 0.420 e. The van der Waals surface area contributed by atoms with Crippen molar-refractivity contribution >= 4 is 0 Å². The van der Waals surface area contributed by atoms with Gasteiger partial charge in [0.2, 0.25) is 0 Å². The number of nitrogens with zero attached hydrogens (tertiary/aromatic N) is 1. The molecule has 0 aliphatic heterocycles. The van der Waals surface area contributed by atoms with E-state index in [1.165, 1.54) is 5.56 Å². The van der Waals surface area contributed by atoms with E-state index in [-0.39, 0.29) is 11.8 Å². The molecule has 1 heterocycles. The van der Waals surface area contributed by atoms with Gasteiger partial charge in [0.15, 0.2) is 5.76 Å². The average molecular weight is 279 g/mol. The minimum absolute atomic E-state index is 0.0540. The van der Waals surface area contributed by atoms with Crippen molar-refractivity contribution < 1.29 is 4.42 Å². The van der Waals surface area contributed by atoms with Crippen LogP contribution in [-0.2, 0) is 0 Å². The highest BCUT2D eigenvalue weighted by Gasteiger charge is 2.14. The Morgan fingerprint density at radius 1 is 1.00 bits per heavy atom. The molecule has 106 valence electrons. The number of hydrogen-bond acceptors (Lipinski definition) is 2. The predicted octanol–water partition coefficient (Wildman–Crippen LogP) is 4.03. The first kappa shape index (κ1) is 13.4. The molecular weight excluding hydrogens is 262 g/mol. The van der Waals surface area contributed by atoms with Gasteiger partial charge in [-0.05, 0) is 19.4 Å². The molecule has 0 bridgehead atoms. The molecule has 3 rings (SSSR count). The number of hydrogen-bond donors (Lipinski definition) is 0. The molecule has 1 aromatic heterocycles. The van der Waals surface area contributed by atoms with Crippen LogP contribution in [0.15, 0.2) is 70.0 Å². The lowest BCUT2D eigenvalue weighted by Gasteiger charge is -2.11. The second kappa shape index (κ2) is 5.44. The molecule has 0 saturated carbocycles. The molecule has 0 spiro atoms. The maximum absolute atomic E-state index is 12.1. The molecule has 1 unspecified atom stereocenters. The van der Waals surface area contributed by atoms with Gasteiger partial charge in [-0.15, -0.1) is 0 Å². The minimum atomic E-state index is -0.332. The van der Waals surface area contributed by atoms with E-state index in [4.69, 9.17) is 4.42 Å². The fourth-order valence-corrected chi connectivity index (χ4v) is 2.37. The van der Waals surface area contributed by atoms with Gasteiger partial charge in [0.25, 0.3) is 0 Å². The molecule has 0 radical (unpaired) electrons. The Morgan fingerprint density at radius 2 is 1.67 bits per heavy atom. The van der Waals surface area contributed by atoms with E-state index < -0.39 is 0 Å². The van der Waals surface area contributed by atoms with Gasteiger partial charge >= 0.3 is 5.76 Å². The molecule has 0 aliphatic rings. The quantitative estimate of drug-likeness (QED) is 0.725.